The molecule has 0 amide bonds. The summed E-state index contributed by atoms with van der Waals surface area (Å²) in [5, 5.41) is 3.38. The van der Waals surface area contributed by atoms with Gasteiger partial charge in [0.1, 0.15) is 34.5 Å². The van der Waals surface area contributed by atoms with Gasteiger partial charge in [0, 0.05) is 111 Å². The van der Waals surface area contributed by atoms with E-state index in [0.29, 0.717) is 43.5 Å². The van der Waals surface area contributed by atoms with Crippen molar-refractivity contribution in [2.75, 3.05) is 19.6 Å². The highest BCUT2D eigenvalue weighted by atomic mass is 19.2. The van der Waals surface area contributed by atoms with Crippen LogP contribution >= 0.6 is 0 Å². The molecule has 9 aromatic rings. The Morgan fingerprint density at radius 3 is 1.21 bits per heavy atom. The third-order valence-corrected chi connectivity index (χ3v) is 17.2. The number of hydrogen-bond donors (Lipinski definition) is 3. The van der Waals surface area contributed by atoms with E-state index >= 15 is 17.6 Å². The zero-order valence-electron chi connectivity index (χ0n) is 51.1. The van der Waals surface area contributed by atoms with E-state index in [1.54, 1.807) is 20.8 Å². The predicted octanol–water partition coefficient (Wildman–Crippen LogP) is 16.8. The molecule has 12 rings (SSSR count). The van der Waals surface area contributed by atoms with E-state index in [4.69, 9.17) is 0 Å². The average Bonchev–Trinajstić information content (AvgIpc) is 1.85. The zero-order chi connectivity index (χ0) is 61.0. The highest BCUT2D eigenvalue weighted by Gasteiger charge is 2.44. The van der Waals surface area contributed by atoms with Crippen LogP contribution in [0.5, 0.6) is 0 Å². The minimum Gasteiger partial charge on any atom is -0.357 e. The van der Waals surface area contributed by atoms with Crippen molar-refractivity contribution in [3.8, 4) is 0 Å². The first kappa shape index (κ1) is 61.3. The van der Waals surface area contributed by atoms with Gasteiger partial charge in [-0.15, -0.1) is 0 Å². The molecule has 0 radical (unpaired) electrons. The van der Waals surface area contributed by atoms with Crippen molar-refractivity contribution >= 4 is 32.7 Å². The normalized spacial score (nSPS) is 20.4. The zero-order valence-corrected chi connectivity index (χ0v) is 51.1. The molecule has 4 aromatic carbocycles. The molecule has 5 aromatic heterocycles. The molecule has 8 heterocycles. The Labute approximate surface area is 495 Å². The second-order valence-corrected chi connectivity index (χ2v) is 25.6. The van der Waals surface area contributed by atoms with Gasteiger partial charge >= 0.3 is 0 Å². The number of nitrogens with one attached hydrogen (secondary N) is 3. The standard InChI is InChI=1S/C24H27F3N2.C23H26F3N3.C23H28FN3/c1-5-15-11-18(25)21(19(26)12-15)23-22-17(16-8-6-7-9-20(16)28-22)10-14(2)29(23)13-24(3,4)27;1-5-14-11-17(24)19(22(25)27-14)21-20-16(15-8-6-7-9-18(15)28-20)10-13(2)29(21)12-23(3,4)26;1-5-17-11-10-16(13-25-17)22-21-19(18-8-6-7-9-20(18)26-21)12-15(2)27(22)14-23(3,4)24/h6-9,11-12,14,23,28H,5,10,13H2,1-4H3;6-9,11,13,21,28H,5,10,12H2,1-4H3;6-11,13,15,22,26H,5,12,14H2,1-4H3. The predicted molar refractivity (Wildman–Crippen MR) is 328 cm³/mol. The summed E-state index contributed by atoms with van der Waals surface area (Å²) in [5.74, 6) is -2.62. The SMILES string of the molecule is CCc1cc(F)c(C2c3[nH]c4ccccc4c3CC(C)N2CC(C)(C)F)c(F)c1.CCc1cc(F)c(C2c3[nH]c4ccccc4c3CC(C)N2CC(C)(C)F)c(F)n1.CCc1ccc(C2c3[nH]c4ccccc4c3CC(C)N2CC(C)(C)F)cn1. The number of benzene rings is 4. The van der Waals surface area contributed by atoms with Gasteiger partial charge in [-0.25, -0.2) is 31.3 Å². The van der Waals surface area contributed by atoms with Gasteiger partial charge < -0.3 is 15.0 Å². The first-order chi connectivity index (χ1) is 40.3. The summed E-state index contributed by atoms with van der Waals surface area (Å²) in [6.45, 7) is 21.8. The van der Waals surface area contributed by atoms with E-state index in [9.17, 15) is 13.2 Å². The molecular formula is C70H81F7N8. The van der Waals surface area contributed by atoms with E-state index in [-0.39, 0.29) is 48.4 Å². The molecular weight excluding hydrogens is 1090 g/mol. The lowest BCUT2D eigenvalue weighted by molar-refractivity contribution is 0.0639. The van der Waals surface area contributed by atoms with Crippen LogP contribution in [0.2, 0.25) is 0 Å². The molecule has 0 bridgehead atoms. The number of hydrogen-bond acceptors (Lipinski definition) is 5. The van der Waals surface area contributed by atoms with Gasteiger partial charge in [0.05, 0.1) is 23.7 Å². The molecule has 3 aliphatic heterocycles. The number of H-pyrrole nitrogens is 3. The third-order valence-electron chi connectivity index (χ3n) is 17.2. The van der Waals surface area contributed by atoms with E-state index in [2.05, 4.69) is 80.1 Å². The molecule has 3 aliphatic rings. The van der Waals surface area contributed by atoms with Gasteiger partial charge in [-0.05, 0) is 171 Å². The van der Waals surface area contributed by atoms with Crippen LogP contribution in [0.4, 0.5) is 30.7 Å². The number of alkyl halides is 3. The van der Waals surface area contributed by atoms with Crippen LogP contribution < -0.4 is 0 Å². The summed E-state index contributed by atoms with van der Waals surface area (Å²) in [4.78, 5) is 25.0. The van der Waals surface area contributed by atoms with E-state index in [1.165, 1.54) is 62.5 Å². The first-order valence-corrected chi connectivity index (χ1v) is 30.2. The maximum Gasteiger partial charge on any atom is 0.221 e. The second kappa shape index (κ2) is 24.2. The second-order valence-electron chi connectivity index (χ2n) is 25.6. The molecule has 85 heavy (non-hydrogen) atoms. The first-order valence-electron chi connectivity index (χ1n) is 30.2. The molecule has 450 valence electrons. The van der Waals surface area contributed by atoms with Crippen molar-refractivity contribution in [2.45, 2.75) is 175 Å². The fraction of sp³-hybridized carbons (Fsp3) is 0.429. The molecule has 0 saturated carbocycles. The fourth-order valence-corrected chi connectivity index (χ4v) is 13.4. The maximum atomic E-state index is 15.2. The molecule has 6 atom stereocenters. The summed E-state index contributed by atoms with van der Waals surface area (Å²) in [6, 6.07) is 31.1. The minimum atomic E-state index is -1.51. The van der Waals surface area contributed by atoms with Crippen LogP contribution in [-0.4, -0.2) is 94.4 Å². The van der Waals surface area contributed by atoms with Gasteiger partial charge in [0.15, 0.2) is 0 Å². The van der Waals surface area contributed by atoms with Crippen LogP contribution in [0.15, 0.2) is 109 Å². The Bertz CT molecular complexity index is 3610. The average molecular weight is 1170 g/mol. The third kappa shape index (κ3) is 12.7. The number of aromatic amines is 3. The minimum absolute atomic E-state index is 0.00851. The molecule has 3 N–H and O–H groups in total. The van der Waals surface area contributed by atoms with E-state index in [0.717, 1.165) is 73.9 Å². The van der Waals surface area contributed by atoms with Crippen LogP contribution in [0.25, 0.3) is 32.7 Å². The Kier molecular flexibility index (Phi) is 17.4. The van der Waals surface area contributed by atoms with E-state index < -0.39 is 52.5 Å². The number of pyridine rings is 2. The summed E-state index contributed by atoms with van der Waals surface area (Å²) in [7, 11) is 0. The van der Waals surface area contributed by atoms with Crippen LogP contribution in [0.1, 0.15) is 169 Å². The van der Waals surface area contributed by atoms with Crippen LogP contribution in [0.3, 0.4) is 0 Å². The number of nitrogens with zero attached hydrogens (tertiary/aromatic N) is 5. The Morgan fingerprint density at radius 1 is 0.471 bits per heavy atom. The molecule has 15 heteroatoms. The van der Waals surface area contributed by atoms with E-state index in [1.807, 2.05) is 85.3 Å². The van der Waals surface area contributed by atoms with Crippen LogP contribution in [0, 0.1) is 23.4 Å². The number of aryl methyl sites for hydroxylation is 3. The topological polar surface area (TPSA) is 82.9 Å². The monoisotopic (exact) mass is 1170 g/mol. The quantitative estimate of drug-likeness (QED) is 0.0839. The van der Waals surface area contributed by atoms with Crippen molar-refractivity contribution in [2.24, 2.45) is 0 Å². The number of aromatic nitrogens is 5. The lowest BCUT2D eigenvalue weighted by Gasteiger charge is -2.43. The summed E-state index contributed by atoms with van der Waals surface area (Å²) < 4.78 is 105. The van der Waals surface area contributed by atoms with Gasteiger partial charge in [0.2, 0.25) is 5.95 Å². The maximum absolute atomic E-state index is 15.2. The highest BCUT2D eigenvalue weighted by molar-refractivity contribution is 5.87. The summed E-state index contributed by atoms with van der Waals surface area (Å²) >= 11 is 0. The Hall–Kier alpha value is -6.81. The van der Waals surface area contributed by atoms with Crippen molar-refractivity contribution in [3.05, 3.63) is 200 Å². The molecule has 0 fully saturated rings. The molecule has 6 unspecified atom stereocenters. The van der Waals surface area contributed by atoms with Gasteiger partial charge in [-0.3, -0.25) is 19.7 Å². The number of rotatable bonds is 12. The largest absolute Gasteiger partial charge is 0.357 e. The fourth-order valence-electron chi connectivity index (χ4n) is 13.4. The van der Waals surface area contributed by atoms with Gasteiger partial charge in [0.25, 0.3) is 0 Å². The number of fused-ring (bicyclic) bond motifs is 9. The lowest BCUT2D eigenvalue weighted by Crippen LogP contribution is -2.48. The Morgan fingerprint density at radius 2 is 0.847 bits per heavy atom. The molecule has 0 aliphatic carbocycles. The Balaban J connectivity index is 0.000000142. The lowest BCUT2D eigenvalue weighted by atomic mass is 9.87. The smallest absolute Gasteiger partial charge is 0.221 e. The van der Waals surface area contributed by atoms with Crippen molar-refractivity contribution < 1.29 is 30.7 Å². The van der Waals surface area contributed by atoms with Crippen molar-refractivity contribution in [3.63, 3.8) is 0 Å². The molecule has 0 saturated heterocycles. The summed E-state index contributed by atoms with van der Waals surface area (Å²) in [5.41, 5.74) is 7.89. The van der Waals surface area contributed by atoms with Crippen LogP contribution in [-0.2, 0) is 38.5 Å². The molecule has 0 spiro atoms. The molecule has 8 nitrogen and oxygen atoms in total. The van der Waals surface area contributed by atoms with Gasteiger partial charge in [-0.2, -0.15) is 4.39 Å². The van der Waals surface area contributed by atoms with Gasteiger partial charge in [-0.1, -0.05) is 81.4 Å². The van der Waals surface area contributed by atoms with Crippen molar-refractivity contribution in [1.82, 2.24) is 39.6 Å². The van der Waals surface area contributed by atoms with Crippen molar-refractivity contribution in [1.29, 1.82) is 0 Å². The number of para-hydroxylation sites is 3. The highest BCUT2D eigenvalue weighted by Crippen LogP contribution is 2.46. The number of halogens is 7. The summed E-state index contributed by atoms with van der Waals surface area (Å²) in [6.07, 6.45) is 6.17.